The normalized spacial score (nSPS) is 22.6. The van der Waals surface area contributed by atoms with Crippen LogP contribution in [0.25, 0.3) is 0 Å². The van der Waals surface area contributed by atoms with Gasteiger partial charge in [0.2, 0.25) is 0 Å². The van der Waals surface area contributed by atoms with Crippen molar-refractivity contribution in [2.75, 3.05) is 13.1 Å². The molecule has 4 nitrogen and oxygen atoms in total. The average Bonchev–Trinajstić information content (AvgIpc) is 3.23. The number of likely N-dealkylation sites (tertiary alicyclic amines) is 1. The molecule has 2 aliphatic rings. The molecule has 2 aliphatic heterocycles. The topological polar surface area (TPSA) is 41.6 Å². The van der Waals surface area contributed by atoms with Gasteiger partial charge in [-0.25, -0.2) is 9.18 Å². The van der Waals surface area contributed by atoms with Crippen molar-refractivity contribution >= 4 is 6.09 Å². The summed E-state index contributed by atoms with van der Waals surface area (Å²) in [4.78, 5) is 14.2. The molecule has 0 radical (unpaired) electrons. The maximum absolute atomic E-state index is 13.1. The van der Waals surface area contributed by atoms with Gasteiger partial charge in [-0.1, -0.05) is 42.5 Å². The summed E-state index contributed by atoms with van der Waals surface area (Å²) in [6.07, 6.45) is 5.10. The number of carbonyl (C=O) groups excluding carboxylic acids is 1. The van der Waals surface area contributed by atoms with Crippen LogP contribution < -0.4 is 5.32 Å². The molecule has 2 saturated heterocycles. The molecule has 2 aromatic carbocycles. The highest BCUT2D eigenvalue weighted by atomic mass is 19.1. The van der Waals surface area contributed by atoms with E-state index in [1.165, 1.54) is 24.1 Å². The molecule has 154 valence electrons. The Bertz CT molecular complexity index is 788. The van der Waals surface area contributed by atoms with E-state index in [1.807, 2.05) is 47.4 Å². The van der Waals surface area contributed by atoms with Gasteiger partial charge in [0.05, 0.1) is 0 Å². The van der Waals surface area contributed by atoms with Gasteiger partial charge in [-0.05, 0) is 61.3 Å². The lowest BCUT2D eigenvalue weighted by Crippen LogP contribution is -2.44. The van der Waals surface area contributed by atoms with E-state index >= 15 is 0 Å². The summed E-state index contributed by atoms with van der Waals surface area (Å²) in [7, 11) is 0. The van der Waals surface area contributed by atoms with Crippen LogP contribution in [-0.4, -0.2) is 36.2 Å². The Kier molecular flexibility index (Phi) is 6.45. The van der Waals surface area contributed by atoms with Gasteiger partial charge in [-0.15, -0.1) is 0 Å². The van der Waals surface area contributed by atoms with Crippen molar-refractivity contribution in [2.24, 2.45) is 5.92 Å². The van der Waals surface area contributed by atoms with E-state index in [1.54, 1.807) is 0 Å². The zero-order valence-corrected chi connectivity index (χ0v) is 16.7. The maximum atomic E-state index is 13.1. The van der Waals surface area contributed by atoms with Crippen molar-refractivity contribution in [1.82, 2.24) is 10.2 Å². The van der Waals surface area contributed by atoms with Gasteiger partial charge in [-0.3, -0.25) is 0 Å². The van der Waals surface area contributed by atoms with E-state index < -0.39 is 0 Å². The van der Waals surface area contributed by atoms with Crippen LogP contribution in [-0.2, 0) is 17.8 Å². The quantitative estimate of drug-likeness (QED) is 0.807. The number of benzene rings is 2. The molecule has 0 saturated carbocycles. The third-order valence-electron chi connectivity index (χ3n) is 6.24. The molecule has 2 fully saturated rings. The number of hydrogen-bond donors (Lipinski definition) is 1. The summed E-state index contributed by atoms with van der Waals surface area (Å²) in [5.41, 5.74) is 2.19. The summed E-state index contributed by atoms with van der Waals surface area (Å²) in [6.45, 7) is 1.85. The molecule has 2 aromatic rings. The number of piperidine rings is 1. The number of nitrogens with zero attached hydrogens (tertiary/aromatic N) is 1. The van der Waals surface area contributed by atoms with Crippen LogP contribution in [0.15, 0.2) is 54.6 Å². The standard InChI is InChI=1S/C24H29FN2O2/c25-21-8-6-18(7-9-21)16-22-10-11-23(26-22)20-12-14-27(15-13-20)24(28)29-17-19-4-2-1-3-5-19/h1-9,20,22-23,26H,10-17H2/t22-,23+/m1/s1. The Balaban J connectivity index is 1.19. The second-order valence-corrected chi connectivity index (χ2v) is 8.24. The Morgan fingerprint density at radius 2 is 1.69 bits per heavy atom. The van der Waals surface area contributed by atoms with Gasteiger partial charge < -0.3 is 15.0 Å². The van der Waals surface area contributed by atoms with Gasteiger partial charge >= 0.3 is 6.09 Å². The SMILES string of the molecule is O=C(OCc1ccccc1)N1CCC([C@@H]2CC[C@H](Cc3ccc(F)cc3)N2)CC1. The molecule has 0 bridgehead atoms. The van der Waals surface area contributed by atoms with Crippen molar-refractivity contribution in [2.45, 2.75) is 50.8 Å². The molecule has 0 unspecified atom stereocenters. The number of rotatable bonds is 5. The minimum Gasteiger partial charge on any atom is -0.445 e. The molecule has 5 heteroatoms. The van der Waals surface area contributed by atoms with E-state index in [2.05, 4.69) is 5.32 Å². The fourth-order valence-electron chi connectivity index (χ4n) is 4.58. The van der Waals surface area contributed by atoms with Crippen LogP contribution in [0.5, 0.6) is 0 Å². The smallest absolute Gasteiger partial charge is 0.410 e. The fourth-order valence-corrected chi connectivity index (χ4v) is 4.58. The van der Waals surface area contributed by atoms with Gasteiger partial charge in [0.1, 0.15) is 12.4 Å². The molecule has 4 rings (SSSR count). The van der Waals surface area contributed by atoms with Crippen molar-refractivity contribution in [3.05, 3.63) is 71.5 Å². The van der Waals surface area contributed by atoms with Crippen LogP contribution in [0.2, 0.25) is 0 Å². The predicted molar refractivity (Wildman–Crippen MR) is 111 cm³/mol. The molecular weight excluding hydrogens is 367 g/mol. The Labute approximate surface area is 172 Å². The van der Waals surface area contributed by atoms with Gasteiger partial charge in [-0.2, -0.15) is 0 Å². The fraction of sp³-hybridized carbons (Fsp3) is 0.458. The lowest BCUT2D eigenvalue weighted by atomic mass is 9.89. The highest BCUT2D eigenvalue weighted by Crippen LogP contribution is 2.29. The van der Waals surface area contributed by atoms with Crippen molar-refractivity contribution in [1.29, 1.82) is 0 Å². The molecule has 1 amide bonds. The Hall–Kier alpha value is -2.40. The molecule has 29 heavy (non-hydrogen) atoms. The van der Waals surface area contributed by atoms with Gasteiger partial charge in [0, 0.05) is 25.2 Å². The number of nitrogens with one attached hydrogen (secondary N) is 1. The Morgan fingerprint density at radius 3 is 2.41 bits per heavy atom. The number of hydrogen-bond acceptors (Lipinski definition) is 3. The summed E-state index contributed by atoms with van der Waals surface area (Å²) in [5, 5.41) is 3.79. The monoisotopic (exact) mass is 396 g/mol. The van der Waals surface area contributed by atoms with Gasteiger partial charge in [0.25, 0.3) is 0 Å². The zero-order valence-electron chi connectivity index (χ0n) is 16.7. The summed E-state index contributed by atoms with van der Waals surface area (Å²) in [6, 6.07) is 17.6. The first kappa shape index (κ1) is 19.9. The van der Waals surface area contributed by atoms with Crippen molar-refractivity contribution in [3.8, 4) is 0 Å². The van der Waals surface area contributed by atoms with Crippen LogP contribution in [0.4, 0.5) is 9.18 Å². The third-order valence-corrected chi connectivity index (χ3v) is 6.24. The lowest BCUT2D eigenvalue weighted by molar-refractivity contribution is 0.0787. The molecule has 0 aromatic heterocycles. The zero-order chi connectivity index (χ0) is 20.1. The second-order valence-electron chi connectivity index (χ2n) is 8.24. The Morgan fingerprint density at radius 1 is 0.966 bits per heavy atom. The van der Waals surface area contributed by atoms with Crippen molar-refractivity contribution < 1.29 is 13.9 Å². The summed E-state index contributed by atoms with van der Waals surface area (Å²) in [5.74, 6) is 0.423. The number of halogens is 1. The van der Waals surface area contributed by atoms with E-state index in [9.17, 15) is 9.18 Å². The minimum atomic E-state index is -0.208. The summed E-state index contributed by atoms with van der Waals surface area (Å²) < 4.78 is 18.5. The van der Waals surface area contributed by atoms with E-state index in [4.69, 9.17) is 4.74 Å². The van der Waals surface area contributed by atoms with Crippen LogP contribution in [0, 0.1) is 11.7 Å². The minimum absolute atomic E-state index is 0.180. The van der Waals surface area contributed by atoms with Crippen LogP contribution in [0.1, 0.15) is 36.8 Å². The predicted octanol–water partition coefficient (Wildman–Crippen LogP) is 4.54. The molecule has 2 heterocycles. The molecular formula is C24H29FN2O2. The number of carbonyl (C=O) groups is 1. The van der Waals surface area contributed by atoms with Crippen molar-refractivity contribution in [3.63, 3.8) is 0 Å². The first-order valence-corrected chi connectivity index (χ1v) is 10.6. The van der Waals surface area contributed by atoms with E-state index in [0.717, 1.165) is 44.3 Å². The highest BCUT2D eigenvalue weighted by molar-refractivity contribution is 5.67. The largest absolute Gasteiger partial charge is 0.445 e. The highest BCUT2D eigenvalue weighted by Gasteiger charge is 2.33. The maximum Gasteiger partial charge on any atom is 0.410 e. The first-order chi connectivity index (χ1) is 14.2. The van der Waals surface area contributed by atoms with Gasteiger partial charge in [0.15, 0.2) is 0 Å². The van der Waals surface area contributed by atoms with Crippen LogP contribution >= 0.6 is 0 Å². The lowest BCUT2D eigenvalue weighted by Gasteiger charge is -2.34. The third kappa shape index (κ3) is 5.36. The van der Waals surface area contributed by atoms with Crippen LogP contribution in [0.3, 0.4) is 0 Å². The molecule has 2 atom stereocenters. The number of ether oxygens (including phenoxy) is 1. The number of amides is 1. The molecule has 1 N–H and O–H groups in total. The second kappa shape index (κ2) is 9.40. The van der Waals surface area contributed by atoms with E-state index in [-0.39, 0.29) is 11.9 Å². The molecule has 0 spiro atoms. The molecule has 0 aliphatic carbocycles. The van der Waals surface area contributed by atoms with E-state index in [0.29, 0.717) is 24.6 Å². The summed E-state index contributed by atoms with van der Waals surface area (Å²) >= 11 is 0. The first-order valence-electron chi connectivity index (χ1n) is 10.6. The average molecular weight is 397 g/mol.